The van der Waals surface area contributed by atoms with E-state index in [2.05, 4.69) is 16.5 Å². The zero-order chi connectivity index (χ0) is 24.8. The molecule has 0 saturated heterocycles. The van der Waals surface area contributed by atoms with Gasteiger partial charge in [0.1, 0.15) is 0 Å². The van der Waals surface area contributed by atoms with Crippen LogP contribution in [0.15, 0.2) is 55.5 Å². The first-order valence-electron chi connectivity index (χ1n) is 11.5. The number of rotatable bonds is 7. The van der Waals surface area contributed by atoms with E-state index in [0.29, 0.717) is 35.0 Å². The van der Waals surface area contributed by atoms with Crippen LogP contribution < -0.4 is 4.90 Å². The number of allylic oxidation sites excluding steroid dienone is 1. The lowest BCUT2D eigenvalue weighted by Crippen LogP contribution is -2.47. The van der Waals surface area contributed by atoms with Crippen molar-refractivity contribution in [3.8, 4) is 0 Å². The van der Waals surface area contributed by atoms with E-state index in [-0.39, 0.29) is 19.0 Å². The molecule has 186 valence electrons. The van der Waals surface area contributed by atoms with Gasteiger partial charge in [0, 0.05) is 37.2 Å². The summed E-state index contributed by atoms with van der Waals surface area (Å²) in [6.45, 7) is 3.52. The van der Waals surface area contributed by atoms with Crippen LogP contribution in [-0.4, -0.2) is 45.2 Å². The molecule has 2 aliphatic rings. The Hall–Kier alpha value is -2.92. The van der Waals surface area contributed by atoms with E-state index in [4.69, 9.17) is 0 Å². The number of hydrogen-bond donors (Lipinski definition) is 0. The van der Waals surface area contributed by atoms with E-state index in [1.165, 1.54) is 0 Å². The number of hydrogen-bond acceptors (Lipinski definition) is 5. The van der Waals surface area contributed by atoms with Crippen molar-refractivity contribution in [1.29, 1.82) is 0 Å². The van der Waals surface area contributed by atoms with Gasteiger partial charge < -0.3 is 4.90 Å². The summed E-state index contributed by atoms with van der Waals surface area (Å²) in [6, 6.07) is 6.99. The standard InChI is InChI=1S/C24H26F3N5O2S/c1-2-3-6-18-14-30(35(33,34)24(25,26)27)16-21-20(17-9-10-17)7-4-8-22(21)32(18)15-19-13-29-23-28-11-5-12-31(19)23/h2,4-5,7-8,11-13,17-18H,1,3,6,9-10,14-16H2. The van der Waals surface area contributed by atoms with Crippen molar-refractivity contribution in [1.82, 2.24) is 18.7 Å². The number of sulfonamides is 1. The molecule has 1 atom stereocenters. The molecular weight excluding hydrogens is 479 g/mol. The van der Waals surface area contributed by atoms with Crippen molar-refractivity contribution in [3.63, 3.8) is 0 Å². The Morgan fingerprint density at radius 2 is 1.97 bits per heavy atom. The Labute approximate surface area is 202 Å². The van der Waals surface area contributed by atoms with Crippen LogP contribution in [-0.2, 0) is 23.1 Å². The lowest BCUT2D eigenvalue weighted by molar-refractivity contribution is -0.0492. The maximum Gasteiger partial charge on any atom is 0.511 e. The first-order chi connectivity index (χ1) is 16.7. The van der Waals surface area contributed by atoms with Crippen molar-refractivity contribution in [2.24, 2.45) is 0 Å². The fourth-order valence-corrected chi connectivity index (χ4v) is 5.81. The molecule has 0 bridgehead atoms. The summed E-state index contributed by atoms with van der Waals surface area (Å²) in [7, 11) is -5.51. The molecule has 35 heavy (non-hydrogen) atoms. The van der Waals surface area contributed by atoms with Crippen molar-refractivity contribution < 1.29 is 21.6 Å². The summed E-state index contributed by atoms with van der Waals surface area (Å²) in [4.78, 5) is 10.6. The van der Waals surface area contributed by atoms with Crippen LogP contribution in [0.25, 0.3) is 5.78 Å². The third-order valence-electron chi connectivity index (χ3n) is 6.74. The van der Waals surface area contributed by atoms with Crippen molar-refractivity contribution in [2.45, 2.75) is 56.2 Å². The average Bonchev–Trinajstić information content (AvgIpc) is 3.61. The molecule has 11 heteroatoms. The maximum absolute atomic E-state index is 13.7. The molecule has 1 aliphatic heterocycles. The van der Waals surface area contributed by atoms with Gasteiger partial charge in [-0.25, -0.2) is 18.4 Å². The van der Waals surface area contributed by atoms with E-state index >= 15 is 0 Å². The van der Waals surface area contributed by atoms with Crippen molar-refractivity contribution in [2.75, 3.05) is 11.4 Å². The second-order valence-electron chi connectivity index (χ2n) is 9.05. The second kappa shape index (κ2) is 8.94. The van der Waals surface area contributed by atoms with Gasteiger partial charge in [0.05, 0.1) is 18.4 Å². The fourth-order valence-electron chi connectivity index (χ4n) is 4.85. The highest BCUT2D eigenvalue weighted by molar-refractivity contribution is 7.89. The van der Waals surface area contributed by atoms with Gasteiger partial charge >= 0.3 is 15.5 Å². The summed E-state index contributed by atoms with van der Waals surface area (Å²) in [5.41, 5.74) is -2.21. The minimum atomic E-state index is -5.51. The third kappa shape index (κ3) is 4.42. The van der Waals surface area contributed by atoms with Crippen LogP contribution in [0.1, 0.15) is 48.4 Å². The number of anilines is 1. The van der Waals surface area contributed by atoms with E-state index in [0.717, 1.165) is 29.8 Å². The van der Waals surface area contributed by atoms with Crippen LogP contribution in [0.5, 0.6) is 0 Å². The van der Waals surface area contributed by atoms with Gasteiger partial charge in [-0.15, -0.1) is 6.58 Å². The van der Waals surface area contributed by atoms with Gasteiger partial charge in [-0.05, 0) is 54.9 Å². The predicted octanol–water partition coefficient (Wildman–Crippen LogP) is 4.61. The first kappa shape index (κ1) is 23.8. The van der Waals surface area contributed by atoms with Gasteiger partial charge in [0.15, 0.2) is 0 Å². The number of alkyl halides is 3. The highest BCUT2D eigenvalue weighted by Crippen LogP contribution is 2.46. The number of halogens is 3. The fraction of sp³-hybridized carbons (Fsp3) is 0.417. The summed E-state index contributed by atoms with van der Waals surface area (Å²) >= 11 is 0. The number of imidazole rings is 1. The van der Waals surface area contributed by atoms with Gasteiger partial charge in [-0.3, -0.25) is 4.40 Å². The first-order valence-corrected chi connectivity index (χ1v) is 13.0. The Balaban J connectivity index is 1.64. The molecule has 3 aromatic rings. The molecule has 1 fully saturated rings. The molecule has 7 nitrogen and oxygen atoms in total. The summed E-state index contributed by atoms with van der Waals surface area (Å²) in [6.07, 6.45) is 9.76. The topological polar surface area (TPSA) is 70.8 Å². The maximum atomic E-state index is 13.7. The lowest BCUT2D eigenvalue weighted by atomic mass is 10.00. The molecule has 0 radical (unpaired) electrons. The highest BCUT2D eigenvalue weighted by atomic mass is 32.2. The van der Waals surface area contributed by atoms with E-state index < -0.39 is 21.6 Å². The SMILES string of the molecule is C=CCCC1CN(S(=O)(=O)C(F)(F)F)Cc2c(C3CC3)cccc2N1Cc1cnc2ncccn12. The highest BCUT2D eigenvalue weighted by Gasteiger charge is 2.51. The van der Waals surface area contributed by atoms with Crippen molar-refractivity contribution >= 4 is 21.5 Å². The van der Waals surface area contributed by atoms with E-state index in [1.807, 2.05) is 33.7 Å². The second-order valence-corrected chi connectivity index (χ2v) is 11.0. The monoisotopic (exact) mass is 505 g/mol. The molecule has 3 heterocycles. The smallest absolute Gasteiger partial charge is 0.361 e. The zero-order valence-corrected chi connectivity index (χ0v) is 19.8. The van der Waals surface area contributed by atoms with Crippen LogP contribution in [0, 0.1) is 0 Å². The largest absolute Gasteiger partial charge is 0.511 e. The number of fused-ring (bicyclic) bond motifs is 2. The average molecular weight is 506 g/mol. The van der Waals surface area contributed by atoms with Crippen LogP contribution in [0.4, 0.5) is 18.9 Å². The summed E-state index contributed by atoms with van der Waals surface area (Å²) in [5.74, 6) is 0.764. The Morgan fingerprint density at radius 1 is 1.17 bits per heavy atom. The summed E-state index contributed by atoms with van der Waals surface area (Å²) in [5, 5.41) is 0. The van der Waals surface area contributed by atoms with Gasteiger partial charge in [0.25, 0.3) is 0 Å². The van der Waals surface area contributed by atoms with Crippen LogP contribution in [0.2, 0.25) is 0 Å². The number of aromatic nitrogens is 3. The normalized spacial score (nSPS) is 19.5. The number of benzene rings is 1. The molecule has 1 aliphatic carbocycles. The molecule has 0 amide bonds. The minimum absolute atomic E-state index is 0.243. The van der Waals surface area contributed by atoms with Crippen molar-refractivity contribution in [3.05, 3.63) is 72.3 Å². The lowest BCUT2D eigenvalue weighted by Gasteiger charge is -2.34. The Morgan fingerprint density at radius 3 is 2.69 bits per heavy atom. The van der Waals surface area contributed by atoms with Crippen LogP contribution in [0.3, 0.4) is 0 Å². The molecule has 1 saturated carbocycles. The third-order valence-corrected chi connectivity index (χ3v) is 8.28. The number of nitrogens with zero attached hydrogens (tertiary/aromatic N) is 5. The minimum Gasteiger partial charge on any atom is -0.361 e. The quantitative estimate of drug-likeness (QED) is 0.439. The molecule has 1 unspecified atom stereocenters. The molecule has 2 aromatic heterocycles. The Kier molecular flexibility index (Phi) is 6.08. The van der Waals surface area contributed by atoms with E-state index in [1.54, 1.807) is 24.5 Å². The summed E-state index contributed by atoms with van der Waals surface area (Å²) < 4.78 is 68.7. The zero-order valence-electron chi connectivity index (χ0n) is 19.0. The molecule has 0 N–H and O–H groups in total. The van der Waals surface area contributed by atoms with Gasteiger partial charge in [-0.2, -0.15) is 17.5 Å². The van der Waals surface area contributed by atoms with E-state index in [9.17, 15) is 21.6 Å². The van der Waals surface area contributed by atoms with Gasteiger partial charge in [0.2, 0.25) is 5.78 Å². The molecule has 0 spiro atoms. The molecule has 5 rings (SSSR count). The van der Waals surface area contributed by atoms with Gasteiger partial charge in [-0.1, -0.05) is 18.2 Å². The Bertz CT molecular complexity index is 1350. The molecule has 1 aromatic carbocycles. The van der Waals surface area contributed by atoms with Crippen LogP contribution >= 0.6 is 0 Å². The predicted molar refractivity (Wildman–Crippen MR) is 126 cm³/mol. The molecular formula is C24H26F3N5O2S.